The Morgan fingerprint density at radius 3 is 2.62 bits per heavy atom. The van der Waals surface area contributed by atoms with Crippen LogP contribution in [0.1, 0.15) is 25.7 Å². The number of likely N-dealkylation sites (tertiary alicyclic amines) is 1. The fraction of sp³-hybridized carbons (Fsp3) is 0.818. The van der Waals surface area contributed by atoms with Crippen molar-refractivity contribution >= 4 is 11.9 Å². The maximum absolute atomic E-state index is 11.7. The summed E-state index contributed by atoms with van der Waals surface area (Å²) in [6.45, 7) is 0.969. The summed E-state index contributed by atoms with van der Waals surface area (Å²) in [5, 5.41) is 9.16. The molecule has 1 aliphatic heterocycles. The Morgan fingerprint density at radius 2 is 2.19 bits per heavy atom. The molecule has 1 unspecified atom stereocenters. The molecule has 1 saturated heterocycles. The van der Waals surface area contributed by atoms with Crippen molar-refractivity contribution in [2.45, 2.75) is 31.7 Å². The highest BCUT2D eigenvalue weighted by atomic mass is 16.4. The molecule has 2 atom stereocenters. The van der Waals surface area contributed by atoms with Gasteiger partial charge in [-0.25, -0.2) is 4.79 Å². The molecule has 0 spiro atoms. The molecule has 1 heterocycles. The number of rotatable bonds is 5. The van der Waals surface area contributed by atoms with Crippen LogP contribution in [0.5, 0.6) is 0 Å². The second kappa shape index (κ2) is 4.41. The second-order valence-corrected chi connectivity index (χ2v) is 4.89. The largest absolute Gasteiger partial charge is 0.480 e. The van der Waals surface area contributed by atoms with Crippen molar-refractivity contribution < 1.29 is 14.7 Å². The van der Waals surface area contributed by atoms with Crippen LogP contribution in [-0.2, 0) is 9.59 Å². The van der Waals surface area contributed by atoms with E-state index in [0.717, 1.165) is 12.8 Å². The van der Waals surface area contributed by atoms with E-state index in [1.54, 1.807) is 0 Å². The average Bonchev–Trinajstić information content (AvgIpc) is 2.98. The van der Waals surface area contributed by atoms with Gasteiger partial charge in [-0.05, 0) is 24.8 Å². The topological polar surface area (TPSA) is 83.6 Å². The minimum absolute atomic E-state index is 0.0523. The van der Waals surface area contributed by atoms with Gasteiger partial charge in [0.1, 0.15) is 6.04 Å². The highest BCUT2D eigenvalue weighted by molar-refractivity contribution is 5.85. The summed E-state index contributed by atoms with van der Waals surface area (Å²) >= 11 is 0. The summed E-state index contributed by atoms with van der Waals surface area (Å²) in [6, 6.07) is -0.628. The monoisotopic (exact) mass is 226 g/mol. The molecule has 0 aromatic rings. The minimum atomic E-state index is -0.877. The van der Waals surface area contributed by atoms with Gasteiger partial charge < -0.3 is 15.7 Å². The van der Waals surface area contributed by atoms with E-state index in [-0.39, 0.29) is 11.8 Å². The number of carboxylic acid groups (broad SMARTS) is 1. The Hall–Kier alpha value is -1.10. The first-order chi connectivity index (χ1) is 7.61. The molecule has 2 rings (SSSR count). The minimum Gasteiger partial charge on any atom is -0.480 e. The lowest BCUT2D eigenvalue weighted by molar-refractivity contribution is -0.148. The Morgan fingerprint density at radius 1 is 1.50 bits per heavy atom. The predicted octanol–water partition coefficient (Wildman–Crippen LogP) is 0.0469. The lowest BCUT2D eigenvalue weighted by atomic mass is 10.1. The standard InChI is InChI=1S/C11H18N2O3/c12-5-8-4-10(14)13(6-8)9(11(15)16)3-7-1-2-7/h7-9H,1-6,12H2,(H,15,16)/t8?,9-/m1/s1. The Kier molecular flexibility index (Phi) is 3.14. The van der Waals surface area contributed by atoms with Crippen molar-refractivity contribution in [2.75, 3.05) is 13.1 Å². The summed E-state index contributed by atoms with van der Waals surface area (Å²) in [5.41, 5.74) is 5.52. The van der Waals surface area contributed by atoms with E-state index < -0.39 is 12.0 Å². The summed E-state index contributed by atoms with van der Waals surface area (Å²) in [7, 11) is 0. The zero-order valence-electron chi connectivity index (χ0n) is 9.26. The van der Waals surface area contributed by atoms with E-state index in [1.807, 2.05) is 0 Å². The third-order valence-electron chi connectivity index (χ3n) is 3.49. The molecule has 0 bridgehead atoms. The van der Waals surface area contributed by atoms with Crippen LogP contribution >= 0.6 is 0 Å². The van der Waals surface area contributed by atoms with Crippen LogP contribution in [0.2, 0.25) is 0 Å². The van der Waals surface area contributed by atoms with E-state index >= 15 is 0 Å². The number of hydrogen-bond donors (Lipinski definition) is 2. The third kappa shape index (κ3) is 2.35. The molecule has 1 amide bonds. The number of aliphatic carboxylic acids is 1. The number of carbonyl (C=O) groups is 2. The first kappa shape index (κ1) is 11.4. The van der Waals surface area contributed by atoms with Crippen LogP contribution in [0.25, 0.3) is 0 Å². The average molecular weight is 226 g/mol. The van der Waals surface area contributed by atoms with E-state index in [2.05, 4.69) is 0 Å². The van der Waals surface area contributed by atoms with E-state index in [9.17, 15) is 9.59 Å². The fourth-order valence-corrected chi connectivity index (χ4v) is 2.30. The molecule has 3 N–H and O–H groups in total. The van der Waals surface area contributed by atoms with Crippen molar-refractivity contribution in [3.63, 3.8) is 0 Å². The molecule has 1 saturated carbocycles. The van der Waals surface area contributed by atoms with Crippen LogP contribution in [0, 0.1) is 11.8 Å². The molecule has 5 heteroatoms. The quantitative estimate of drug-likeness (QED) is 0.693. The second-order valence-electron chi connectivity index (χ2n) is 4.89. The molecule has 2 fully saturated rings. The number of nitrogens with two attached hydrogens (primary N) is 1. The van der Waals surface area contributed by atoms with Crippen LogP contribution in [0.15, 0.2) is 0 Å². The van der Waals surface area contributed by atoms with Crippen LogP contribution in [-0.4, -0.2) is 41.0 Å². The Balaban J connectivity index is 2.01. The molecule has 2 aliphatic rings. The SMILES string of the molecule is NCC1CC(=O)N([C@H](CC2CC2)C(=O)O)C1. The highest BCUT2D eigenvalue weighted by Gasteiger charge is 2.39. The predicted molar refractivity (Wildman–Crippen MR) is 57.6 cm³/mol. The van der Waals surface area contributed by atoms with Gasteiger partial charge in [-0.3, -0.25) is 4.79 Å². The van der Waals surface area contributed by atoms with Crippen molar-refractivity contribution in [3.05, 3.63) is 0 Å². The molecule has 0 aromatic heterocycles. The van der Waals surface area contributed by atoms with Gasteiger partial charge >= 0.3 is 5.97 Å². The van der Waals surface area contributed by atoms with Gasteiger partial charge in [0.25, 0.3) is 0 Å². The van der Waals surface area contributed by atoms with Crippen LogP contribution < -0.4 is 5.73 Å². The molecule has 1 aliphatic carbocycles. The van der Waals surface area contributed by atoms with Gasteiger partial charge in [-0.1, -0.05) is 12.8 Å². The van der Waals surface area contributed by atoms with Crippen LogP contribution in [0.4, 0.5) is 0 Å². The van der Waals surface area contributed by atoms with Gasteiger partial charge in [0, 0.05) is 13.0 Å². The van der Waals surface area contributed by atoms with E-state index in [0.29, 0.717) is 31.8 Å². The smallest absolute Gasteiger partial charge is 0.326 e. The zero-order valence-corrected chi connectivity index (χ0v) is 9.26. The number of carbonyl (C=O) groups excluding carboxylic acids is 1. The molecule has 5 nitrogen and oxygen atoms in total. The third-order valence-corrected chi connectivity index (χ3v) is 3.49. The normalized spacial score (nSPS) is 27.2. The highest BCUT2D eigenvalue weighted by Crippen LogP contribution is 2.35. The number of hydrogen-bond acceptors (Lipinski definition) is 3. The van der Waals surface area contributed by atoms with Crippen molar-refractivity contribution in [3.8, 4) is 0 Å². The number of nitrogens with zero attached hydrogens (tertiary/aromatic N) is 1. The number of amides is 1. The summed E-state index contributed by atoms with van der Waals surface area (Å²) in [5.74, 6) is -0.291. The summed E-state index contributed by atoms with van der Waals surface area (Å²) < 4.78 is 0. The molecule has 0 radical (unpaired) electrons. The maximum Gasteiger partial charge on any atom is 0.326 e. The Labute approximate surface area is 94.6 Å². The summed E-state index contributed by atoms with van der Waals surface area (Å²) in [4.78, 5) is 24.4. The molecular formula is C11H18N2O3. The molecular weight excluding hydrogens is 208 g/mol. The Bertz CT molecular complexity index is 302. The van der Waals surface area contributed by atoms with Gasteiger partial charge in [0.15, 0.2) is 0 Å². The first-order valence-electron chi connectivity index (χ1n) is 5.84. The van der Waals surface area contributed by atoms with Gasteiger partial charge in [-0.15, -0.1) is 0 Å². The molecule has 0 aromatic carbocycles. The molecule has 16 heavy (non-hydrogen) atoms. The van der Waals surface area contributed by atoms with Gasteiger partial charge in [0.05, 0.1) is 0 Å². The van der Waals surface area contributed by atoms with Gasteiger partial charge in [-0.2, -0.15) is 0 Å². The number of carboxylic acids is 1. The van der Waals surface area contributed by atoms with Crippen molar-refractivity contribution in [1.29, 1.82) is 0 Å². The van der Waals surface area contributed by atoms with Crippen LogP contribution in [0.3, 0.4) is 0 Å². The fourth-order valence-electron chi connectivity index (χ4n) is 2.30. The van der Waals surface area contributed by atoms with Crippen molar-refractivity contribution in [1.82, 2.24) is 4.90 Å². The van der Waals surface area contributed by atoms with Gasteiger partial charge in [0.2, 0.25) is 5.91 Å². The maximum atomic E-state index is 11.7. The van der Waals surface area contributed by atoms with E-state index in [1.165, 1.54) is 4.90 Å². The lowest BCUT2D eigenvalue weighted by Gasteiger charge is -2.24. The van der Waals surface area contributed by atoms with Crippen molar-refractivity contribution in [2.24, 2.45) is 17.6 Å². The summed E-state index contributed by atoms with van der Waals surface area (Å²) in [6.07, 6.45) is 3.22. The first-order valence-corrected chi connectivity index (χ1v) is 5.84. The lowest BCUT2D eigenvalue weighted by Crippen LogP contribution is -2.42. The van der Waals surface area contributed by atoms with E-state index in [4.69, 9.17) is 10.8 Å². The zero-order chi connectivity index (χ0) is 11.7. The molecule has 90 valence electrons.